The van der Waals surface area contributed by atoms with Gasteiger partial charge in [-0.2, -0.15) is 18.3 Å². The standard InChI is InChI=1S/C16H16F3N3O4/c17-16(18,19)13-6-8-22(21-13)9-14(23)20-7-5-11-1-3-12(4-2-11)26-10-15(24)25/h1-4,6,8H,5,7,9-10H2,(H,20,23)(H,24,25). The van der Waals surface area contributed by atoms with Crippen LogP contribution in [0.15, 0.2) is 36.5 Å². The molecule has 0 atom stereocenters. The first-order valence-electron chi connectivity index (χ1n) is 7.55. The molecule has 7 nitrogen and oxygen atoms in total. The molecule has 2 aromatic rings. The molecule has 0 bridgehead atoms. The molecule has 2 N–H and O–H groups in total. The van der Waals surface area contributed by atoms with E-state index in [1.807, 2.05) is 0 Å². The Morgan fingerprint density at radius 2 is 1.88 bits per heavy atom. The highest BCUT2D eigenvalue weighted by atomic mass is 19.4. The molecule has 0 aliphatic carbocycles. The van der Waals surface area contributed by atoms with Crippen LogP contribution in [0, 0.1) is 0 Å². The van der Waals surface area contributed by atoms with Crippen molar-refractivity contribution in [2.75, 3.05) is 13.2 Å². The first-order valence-corrected chi connectivity index (χ1v) is 7.55. The molecular formula is C16H16F3N3O4. The monoisotopic (exact) mass is 371 g/mol. The maximum atomic E-state index is 12.4. The third kappa shape index (κ3) is 6.11. The van der Waals surface area contributed by atoms with E-state index < -0.39 is 30.4 Å². The molecule has 10 heteroatoms. The van der Waals surface area contributed by atoms with E-state index in [0.717, 1.165) is 22.5 Å². The van der Waals surface area contributed by atoms with Crippen molar-refractivity contribution >= 4 is 11.9 Å². The number of alkyl halides is 3. The molecule has 0 aliphatic rings. The van der Waals surface area contributed by atoms with E-state index in [4.69, 9.17) is 9.84 Å². The van der Waals surface area contributed by atoms with Crippen molar-refractivity contribution in [3.63, 3.8) is 0 Å². The van der Waals surface area contributed by atoms with Crippen molar-refractivity contribution in [3.05, 3.63) is 47.8 Å². The highest BCUT2D eigenvalue weighted by Gasteiger charge is 2.33. The molecule has 1 aromatic carbocycles. The highest BCUT2D eigenvalue weighted by Crippen LogP contribution is 2.27. The number of benzene rings is 1. The first-order chi connectivity index (χ1) is 12.2. The van der Waals surface area contributed by atoms with Crippen molar-refractivity contribution in [3.8, 4) is 5.75 Å². The molecule has 0 unspecified atom stereocenters. The highest BCUT2D eigenvalue weighted by molar-refractivity contribution is 5.75. The van der Waals surface area contributed by atoms with Gasteiger partial charge < -0.3 is 15.2 Å². The van der Waals surface area contributed by atoms with Crippen LogP contribution in [0.1, 0.15) is 11.3 Å². The molecular weight excluding hydrogens is 355 g/mol. The van der Waals surface area contributed by atoms with Crippen molar-refractivity contribution in [2.24, 2.45) is 0 Å². The normalized spacial score (nSPS) is 11.2. The van der Waals surface area contributed by atoms with Gasteiger partial charge in [-0.1, -0.05) is 12.1 Å². The van der Waals surface area contributed by atoms with E-state index in [9.17, 15) is 22.8 Å². The number of aromatic nitrogens is 2. The zero-order valence-corrected chi connectivity index (χ0v) is 13.5. The number of carbonyl (C=O) groups is 2. The second kappa shape index (κ2) is 8.37. The number of carboxylic acid groups (broad SMARTS) is 1. The Hall–Kier alpha value is -3.04. The van der Waals surface area contributed by atoms with Crippen molar-refractivity contribution in [1.82, 2.24) is 15.1 Å². The van der Waals surface area contributed by atoms with Gasteiger partial charge in [-0.05, 0) is 30.2 Å². The van der Waals surface area contributed by atoms with E-state index in [2.05, 4.69) is 10.4 Å². The van der Waals surface area contributed by atoms with Gasteiger partial charge in [0.25, 0.3) is 0 Å². The number of nitrogens with one attached hydrogen (secondary N) is 1. The van der Waals surface area contributed by atoms with Crippen molar-refractivity contribution in [2.45, 2.75) is 19.1 Å². The molecule has 1 heterocycles. The molecule has 26 heavy (non-hydrogen) atoms. The minimum absolute atomic E-state index is 0.293. The number of carbonyl (C=O) groups excluding carboxylic acids is 1. The summed E-state index contributed by atoms with van der Waals surface area (Å²) in [5.74, 6) is -1.11. The van der Waals surface area contributed by atoms with Crippen LogP contribution >= 0.6 is 0 Å². The lowest BCUT2D eigenvalue weighted by atomic mass is 10.1. The van der Waals surface area contributed by atoms with Gasteiger partial charge in [-0.3, -0.25) is 9.48 Å². The number of ether oxygens (including phenoxy) is 1. The molecule has 0 fully saturated rings. The van der Waals surface area contributed by atoms with Gasteiger partial charge in [-0.15, -0.1) is 0 Å². The smallest absolute Gasteiger partial charge is 0.435 e. The lowest BCUT2D eigenvalue weighted by molar-refractivity contribution is -0.142. The molecule has 1 amide bonds. The van der Waals surface area contributed by atoms with Gasteiger partial charge in [0, 0.05) is 12.7 Å². The Balaban J connectivity index is 1.74. The summed E-state index contributed by atoms with van der Waals surface area (Å²) in [6.07, 6.45) is -2.95. The van der Waals surface area contributed by atoms with Crippen LogP contribution < -0.4 is 10.1 Å². The fourth-order valence-corrected chi connectivity index (χ4v) is 2.05. The van der Waals surface area contributed by atoms with Crippen LogP contribution in [0.5, 0.6) is 5.75 Å². The zero-order valence-electron chi connectivity index (χ0n) is 13.5. The quantitative estimate of drug-likeness (QED) is 0.737. The summed E-state index contributed by atoms with van der Waals surface area (Å²) in [7, 11) is 0. The number of nitrogens with zero attached hydrogens (tertiary/aromatic N) is 2. The number of rotatable bonds is 8. The second-order valence-corrected chi connectivity index (χ2v) is 5.32. The van der Waals surface area contributed by atoms with Crippen LogP contribution in [0.4, 0.5) is 13.2 Å². The van der Waals surface area contributed by atoms with E-state index in [0.29, 0.717) is 18.7 Å². The predicted molar refractivity (Wildman–Crippen MR) is 83.5 cm³/mol. The van der Waals surface area contributed by atoms with Gasteiger partial charge >= 0.3 is 12.1 Å². The zero-order chi connectivity index (χ0) is 19.2. The Bertz CT molecular complexity index is 757. The van der Waals surface area contributed by atoms with Crippen LogP contribution in [0.3, 0.4) is 0 Å². The van der Waals surface area contributed by atoms with Crippen molar-refractivity contribution in [1.29, 1.82) is 0 Å². The maximum Gasteiger partial charge on any atom is 0.435 e. The number of amides is 1. The third-order valence-corrected chi connectivity index (χ3v) is 3.26. The molecule has 1 aromatic heterocycles. The fraction of sp³-hybridized carbons (Fsp3) is 0.312. The first kappa shape index (κ1) is 19.3. The Kier molecular flexibility index (Phi) is 6.21. The number of halogens is 3. The SMILES string of the molecule is O=C(O)COc1ccc(CCNC(=O)Cn2ccc(C(F)(F)F)n2)cc1. The van der Waals surface area contributed by atoms with E-state index in [1.54, 1.807) is 24.3 Å². The summed E-state index contributed by atoms with van der Waals surface area (Å²) >= 11 is 0. The average molecular weight is 371 g/mol. The molecule has 0 saturated heterocycles. The van der Waals surface area contributed by atoms with Crippen LogP contribution in [0.2, 0.25) is 0 Å². The Morgan fingerprint density at radius 3 is 2.46 bits per heavy atom. The summed E-state index contributed by atoms with van der Waals surface area (Å²) in [6, 6.07) is 7.49. The van der Waals surface area contributed by atoms with Crippen LogP contribution in [-0.2, 0) is 28.7 Å². The number of aliphatic carboxylic acids is 1. The fourth-order valence-electron chi connectivity index (χ4n) is 2.05. The maximum absolute atomic E-state index is 12.4. The van der Waals surface area contributed by atoms with Crippen LogP contribution in [0.25, 0.3) is 0 Å². The second-order valence-electron chi connectivity index (χ2n) is 5.32. The number of hydrogen-bond acceptors (Lipinski definition) is 4. The van der Waals surface area contributed by atoms with E-state index in [-0.39, 0.29) is 6.54 Å². The average Bonchev–Trinajstić information content (AvgIpc) is 3.03. The lowest BCUT2D eigenvalue weighted by Gasteiger charge is -2.07. The van der Waals surface area contributed by atoms with Gasteiger partial charge in [-0.25, -0.2) is 4.79 Å². The third-order valence-electron chi connectivity index (χ3n) is 3.26. The summed E-state index contributed by atoms with van der Waals surface area (Å²) in [6.45, 7) is -0.446. The van der Waals surface area contributed by atoms with Gasteiger partial charge in [0.1, 0.15) is 12.3 Å². The Labute approximate surface area is 146 Å². The molecule has 0 aliphatic heterocycles. The summed E-state index contributed by atoms with van der Waals surface area (Å²) < 4.78 is 43.2. The molecule has 2 rings (SSSR count). The summed E-state index contributed by atoms with van der Waals surface area (Å²) in [5, 5.41) is 14.4. The minimum Gasteiger partial charge on any atom is -0.482 e. The van der Waals surface area contributed by atoms with Gasteiger partial charge in [0.2, 0.25) is 5.91 Å². The molecule has 140 valence electrons. The number of hydrogen-bond donors (Lipinski definition) is 2. The summed E-state index contributed by atoms with van der Waals surface area (Å²) in [5.41, 5.74) is -0.165. The Morgan fingerprint density at radius 1 is 1.19 bits per heavy atom. The largest absolute Gasteiger partial charge is 0.482 e. The van der Waals surface area contributed by atoms with Crippen molar-refractivity contribution < 1.29 is 32.6 Å². The molecule has 0 radical (unpaired) electrons. The van der Waals surface area contributed by atoms with Gasteiger partial charge in [0.05, 0.1) is 0 Å². The predicted octanol–water partition coefficient (Wildman–Crippen LogP) is 1.72. The van der Waals surface area contributed by atoms with Gasteiger partial charge in [0.15, 0.2) is 12.3 Å². The molecule has 0 saturated carbocycles. The van der Waals surface area contributed by atoms with E-state index in [1.165, 1.54) is 0 Å². The van der Waals surface area contributed by atoms with Crippen LogP contribution in [-0.4, -0.2) is 39.9 Å². The topological polar surface area (TPSA) is 93.5 Å². The molecule has 0 spiro atoms. The summed E-state index contributed by atoms with van der Waals surface area (Å²) in [4.78, 5) is 22.1. The number of carboxylic acids is 1. The minimum atomic E-state index is -4.54. The van der Waals surface area contributed by atoms with E-state index >= 15 is 0 Å². The lowest BCUT2D eigenvalue weighted by Crippen LogP contribution is -2.29.